The third-order valence-electron chi connectivity index (χ3n) is 3.42. The molecule has 0 saturated carbocycles. The topological polar surface area (TPSA) is 34.4 Å². The Morgan fingerprint density at radius 1 is 1.22 bits per heavy atom. The Balaban J connectivity index is 1.83. The van der Waals surface area contributed by atoms with Crippen molar-refractivity contribution in [2.45, 2.75) is 25.5 Å². The Bertz CT molecular complexity index is 522. The van der Waals surface area contributed by atoms with Crippen LogP contribution in [-0.2, 0) is 6.42 Å². The molecule has 0 spiro atoms. The zero-order valence-electron chi connectivity index (χ0n) is 10.6. The van der Waals surface area contributed by atoms with E-state index in [0.717, 1.165) is 23.7 Å². The van der Waals surface area contributed by atoms with E-state index in [4.69, 9.17) is 9.15 Å². The molecule has 0 fully saturated rings. The molecule has 3 heteroatoms. The van der Waals surface area contributed by atoms with E-state index in [9.17, 15) is 0 Å². The number of likely N-dealkylation sites (N-methyl/N-ethyl adjacent to an activating group) is 1. The monoisotopic (exact) mass is 243 g/mol. The second kappa shape index (κ2) is 4.50. The van der Waals surface area contributed by atoms with E-state index in [2.05, 4.69) is 17.4 Å². The van der Waals surface area contributed by atoms with E-state index in [1.807, 2.05) is 38.2 Å². The zero-order valence-corrected chi connectivity index (χ0v) is 10.6. The van der Waals surface area contributed by atoms with Crippen LogP contribution in [0.4, 0.5) is 0 Å². The lowest BCUT2D eigenvalue weighted by Gasteiger charge is -2.20. The molecule has 1 aliphatic rings. The molecule has 3 rings (SSSR count). The predicted molar refractivity (Wildman–Crippen MR) is 69.8 cm³/mol. The predicted octanol–water partition coefficient (Wildman–Crippen LogP) is 2.85. The molecule has 0 radical (unpaired) electrons. The number of hydrogen-bond acceptors (Lipinski definition) is 3. The maximum atomic E-state index is 6.00. The Kier molecular flexibility index (Phi) is 2.84. The summed E-state index contributed by atoms with van der Waals surface area (Å²) in [4.78, 5) is 0. The SMILES string of the molecule is CNC(c1ccc(C)o1)C1Cc2ccccc2O1. The highest BCUT2D eigenvalue weighted by Gasteiger charge is 2.32. The first kappa shape index (κ1) is 11.4. The summed E-state index contributed by atoms with van der Waals surface area (Å²) < 4.78 is 11.7. The van der Waals surface area contributed by atoms with E-state index >= 15 is 0 Å². The third kappa shape index (κ3) is 1.91. The van der Waals surface area contributed by atoms with Crippen molar-refractivity contribution in [3.63, 3.8) is 0 Å². The first-order chi connectivity index (χ1) is 8.78. The number of para-hydroxylation sites is 1. The minimum absolute atomic E-state index is 0.0890. The number of fused-ring (bicyclic) bond motifs is 1. The van der Waals surface area contributed by atoms with Crippen LogP contribution in [0, 0.1) is 6.92 Å². The van der Waals surface area contributed by atoms with E-state index in [1.165, 1.54) is 5.56 Å². The van der Waals surface area contributed by atoms with Gasteiger partial charge in [-0.05, 0) is 37.7 Å². The van der Waals surface area contributed by atoms with Gasteiger partial charge in [0.25, 0.3) is 0 Å². The van der Waals surface area contributed by atoms with E-state index in [0.29, 0.717) is 0 Å². The van der Waals surface area contributed by atoms with Crippen LogP contribution in [0.1, 0.15) is 23.1 Å². The van der Waals surface area contributed by atoms with Gasteiger partial charge in [-0.15, -0.1) is 0 Å². The van der Waals surface area contributed by atoms with Crippen LogP contribution < -0.4 is 10.1 Å². The van der Waals surface area contributed by atoms with Crippen molar-refractivity contribution in [2.24, 2.45) is 0 Å². The number of aryl methyl sites for hydroxylation is 1. The van der Waals surface area contributed by atoms with E-state index in [1.54, 1.807) is 0 Å². The van der Waals surface area contributed by atoms with Crippen molar-refractivity contribution in [1.82, 2.24) is 5.32 Å². The molecule has 2 heterocycles. The lowest BCUT2D eigenvalue weighted by molar-refractivity contribution is 0.168. The second-order valence-corrected chi connectivity index (χ2v) is 4.68. The summed E-state index contributed by atoms with van der Waals surface area (Å²) in [5.74, 6) is 2.86. The Morgan fingerprint density at radius 2 is 2.06 bits per heavy atom. The standard InChI is InChI=1S/C15H17NO2/c1-10-7-8-13(17-10)15(16-2)14-9-11-5-3-4-6-12(11)18-14/h3-8,14-16H,9H2,1-2H3. The summed E-state index contributed by atoms with van der Waals surface area (Å²) in [6, 6.07) is 12.3. The molecule has 2 aromatic rings. The first-order valence-electron chi connectivity index (χ1n) is 6.26. The third-order valence-corrected chi connectivity index (χ3v) is 3.42. The first-order valence-corrected chi connectivity index (χ1v) is 6.26. The van der Waals surface area contributed by atoms with Crippen molar-refractivity contribution in [1.29, 1.82) is 0 Å². The van der Waals surface area contributed by atoms with Gasteiger partial charge in [0.05, 0.1) is 0 Å². The van der Waals surface area contributed by atoms with E-state index in [-0.39, 0.29) is 12.1 Å². The lowest BCUT2D eigenvalue weighted by Crippen LogP contribution is -2.32. The molecule has 2 unspecified atom stereocenters. The minimum atomic E-state index is 0.0890. The van der Waals surface area contributed by atoms with Gasteiger partial charge in [0.15, 0.2) is 0 Å². The molecule has 1 N–H and O–H groups in total. The van der Waals surface area contributed by atoms with Gasteiger partial charge in [0.2, 0.25) is 0 Å². The molecule has 0 saturated heterocycles. The number of rotatable bonds is 3. The largest absolute Gasteiger partial charge is 0.488 e. The van der Waals surface area contributed by atoms with Crippen molar-refractivity contribution in [3.05, 3.63) is 53.5 Å². The van der Waals surface area contributed by atoms with Gasteiger partial charge >= 0.3 is 0 Å². The highest BCUT2D eigenvalue weighted by atomic mass is 16.5. The normalized spacial score (nSPS) is 19.3. The Morgan fingerprint density at radius 3 is 2.72 bits per heavy atom. The van der Waals surface area contributed by atoms with Gasteiger partial charge in [-0.2, -0.15) is 0 Å². The molecule has 1 aromatic heterocycles. The molecular formula is C15H17NO2. The van der Waals surface area contributed by atoms with Gasteiger partial charge < -0.3 is 14.5 Å². The van der Waals surface area contributed by atoms with Gasteiger partial charge in [-0.3, -0.25) is 0 Å². The molecule has 94 valence electrons. The number of ether oxygens (including phenoxy) is 1. The molecular weight excluding hydrogens is 226 g/mol. The summed E-state index contributed by atoms with van der Waals surface area (Å²) in [6.45, 7) is 1.96. The van der Waals surface area contributed by atoms with Gasteiger partial charge in [0, 0.05) is 6.42 Å². The lowest BCUT2D eigenvalue weighted by atomic mass is 10.0. The fraction of sp³-hybridized carbons (Fsp3) is 0.333. The highest BCUT2D eigenvalue weighted by molar-refractivity contribution is 5.38. The quantitative estimate of drug-likeness (QED) is 0.900. The van der Waals surface area contributed by atoms with Crippen molar-refractivity contribution >= 4 is 0 Å². The van der Waals surface area contributed by atoms with Crippen LogP contribution in [0.25, 0.3) is 0 Å². The van der Waals surface area contributed by atoms with Crippen molar-refractivity contribution in [3.8, 4) is 5.75 Å². The van der Waals surface area contributed by atoms with Crippen LogP contribution in [-0.4, -0.2) is 13.2 Å². The average molecular weight is 243 g/mol. The van der Waals surface area contributed by atoms with Crippen LogP contribution >= 0.6 is 0 Å². The van der Waals surface area contributed by atoms with Gasteiger partial charge in [-0.25, -0.2) is 0 Å². The molecule has 1 aromatic carbocycles. The average Bonchev–Trinajstić information content (AvgIpc) is 2.96. The summed E-state index contributed by atoms with van der Waals surface area (Å²) in [5.41, 5.74) is 1.27. The van der Waals surface area contributed by atoms with Crippen LogP contribution in [0.5, 0.6) is 5.75 Å². The van der Waals surface area contributed by atoms with Crippen molar-refractivity contribution < 1.29 is 9.15 Å². The fourth-order valence-electron chi connectivity index (χ4n) is 2.53. The molecule has 18 heavy (non-hydrogen) atoms. The van der Waals surface area contributed by atoms with Crippen LogP contribution in [0.2, 0.25) is 0 Å². The van der Waals surface area contributed by atoms with Crippen LogP contribution in [0.3, 0.4) is 0 Å². The van der Waals surface area contributed by atoms with Gasteiger partial charge in [0.1, 0.15) is 29.4 Å². The molecule has 0 amide bonds. The van der Waals surface area contributed by atoms with Gasteiger partial charge in [-0.1, -0.05) is 18.2 Å². The Hall–Kier alpha value is -1.74. The summed E-state index contributed by atoms with van der Waals surface area (Å²) in [7, 11) is 1.94. The molecule has 1 aliphatic heterocycles. The zero-order chi connectivity index (χ0) is 12.5. The van der Waals surface area contributed by atoms with Crippen molar-refractivity contribution in [2.75, 3.05) is 7.05 Å². The molecule has 2 atom stereocenters. The Labute approximate surface area is 107 Å². The highest BCUT2D eigenvalue weighted by Crippen LogP contribution is 2.34. The number of hydrogen-bond donors (Lipinski definition) is 1. The summed E-state index contributed by atoms with van der Waals surface area (Å²) in [6.07, 6.45) is 1.01. The smallest absolute Gasteiger partial charge is 0.125 e. The maximum absolute atomic E-state index is 6.00. The number of benzene rings is 1. The molecule has 0 bridgehead atoms. The second-order valence-electron chi connectivity index (χ2n) is 4.68. The summed E-state index contributed by atoms with van der Waals surface area (Å²) >= 11 is 0. The number of furan rings is 1. The molecule has 0 aliphatic carbocycles. The minimum Gasteiger partial charge on any atom is -0.488 e. The molecule has 3 nitrogen and oxygen atoms in total. The van der Waals surface area contributed by atoms with E-state index < -0.39 is 0 Å². The fourth-order valence-corrected chi connectivity index (χ4v) is 2.53. The van der Waals surface area contributed by atoms with Crippen LogP contribution in [0.15, 0.2) is 40.8 Å². The summed E-state index contributed by atoms with van der Waals surface area (Å²) in [5, 5.41) is 3.29. The number of nitrogens with one attached hydrogen (secondary N) is 1. The maximum Gasteiger partial charge on any atom is 0.125 e.